The van der Waals surface area contributed by atoms with Crippen molar-refractivity contribution in [3.05, 3.63) is 28.3 Å². The number of nitrogens with zero attached hydrogens (tertiary/aromatic N) is 1. The van der Waals surface area contributed by atoms with Gasteiger partial charge in [0.1, 0.15) is 5.01 Å². The third kappa shape index (κ3) is 1.77. The highest BCUT2D eigenvalue weighted by atomic mass is 32.1. The minimum Gasteiger partial charge on any atom is -0.320 e. The number of thiazole rings is 1. The molecule has 2 N–H and O–H groups in total. The molecule has 1 heterocycles. The normalized spacial score (nSPS) is 12.3. The number of rotatable bonds is 1. The maximum absolute atomic E-state index is 6.07. The first kappa shape index (κ1) is 10.6. The third-order valence-corrected chi connectivity index (χ3v) is 4.02. The van der Waals surface area contributed by atoms with Gasteiger partial charge in [0.2, 0.25) is 0 Å². The van der Waals surface area contributed by atoms with Crippen LogP contribution in [0.3, 0.4) is 0 Å². The number of nitrogens with two attached hydrogens (primary N) is 1. The Bertz CT molecular complexity index is 467. The summed E-state index contributed by atoms with van der Waals surface area (Å²) in [7, 11) is 0. The van der Waals surface area contributed by atoms with Crippen molar-refractivity contribution in [1.29, 1.82) is 0 Å². The summed E-state index contributed by atoms with van der Waals surface area (Å²) in [6.45, 7) is 8.20. The van der Waals surface area contributed by atoms with Crippen molar-refractivity contribution < 1.29 is 0 Å². The summed E-state index contributed by atoms with van der Waals surface area (Å²) in [6, 6.07) is 4.26. The van der Waals surface area contributed by atoms with Gasteiger partial charge in [0.05, 0.1) is 15.8 Å². The Morgan fingerprint density at radius 1 is 1.20 bits per heavy atom. The summed E-state index contributed by atoms with van der Waals surface area (Å²) in [5.74, 6) is 0. The van der Waals surface area contributed by atoms with E-state index < -0.39 is 0 Å². The van der Waals surface area contributed by atoms with Crippen molar-refractivity contribution in [2.24, 2.45) is 5.73 Å². The second-order valence-electron chi connectivity index (χ2n) is 4.62. The van der Waals surface area contributed by atoms with Crippen LogP contribution >= 0.6 is 11.3 Å². The number of hydrogen-bond donors (Lipinski definition) is 1. The number of hydrogen-bond acceptors (Lipinski definition) is 3. The Morgan fingerprint density at radius 2 is 1.80 bits per heavy atom. The molecular formula is C12H16N2S. The van der Waals surface area contributed by atoms with Gasteiger partial charge in [-0.05, 0) is 38.8 Å². The molecule has 0 aliphatic heterocycles. The van der Waals surface area contributed by atoms with E-state index in [4.69, 9.17) is 5.73 Å². The quantitative estimate of drug-likeness (QED) is 0.802. The molecule has 3 heteroatoms. The summed E-state index contributed by atoms with van der Waals surface area (Å²) in [5.41, 5.74) is 9.33. The molecule has 0 aliphatic rings. The third-order valence-electron chi connectivity index (χ3n) is 2.49. The Balaban J connectivity index is 2.76. The lowest BCUT2D eigenvalue weighted by Crippen LogP contribution is -2.28. The second-order valence-corrected chi connectivity index (χ2v) is 5.62. The van der Waals surface area contributed by atoms with Crippen molar-refractivity contribution in [2.75, 3.05) is 0 Å². The van der Waals surface area contributed by atoms with Crippen LogP contribution < -0.4 is 5.73 Å². The molecule has 0 unspecified atom stereocenters. The molecule has 0 saturated carbocycles. The summed E-state index contributed by atoms with van der Waals surface area (Å²) < 4.78 is 1.27. The van der Waals surface area contributed by atoms with Gasteiger partial charge in [-0.2, -0.15) is 0 Å². The summed E-state index contributed by atoms with van der Waals surface area (Å²) in [5, 5.41) is 1.01. The first-order chi connectivity index (χ1) is 6.89. The highest BCUT2D eigenvalue weighted by Gasteiger charge is 2.20. The smallest absolute Gasteiger partial charge is 0.113 e. The standard InChI is InChI=1S/C12H16N2S/c1-7-5-6-8(2)10-9(7)14-11(15-10)12(3,4)13/h5-6H,13H2,1-4H3. The first-order valence-electron chi connectivity index (χ1n) is 5.05. The molecule has 0 atom stereocenters. The molecule has 0 saturated heterocycles. The van der Waals surface area contributed by atoms with Crippen LogP contribution in [0.4, 0.5) is 0 Å². The largest absolute Gasteiger partial charge is 0.320 e. The fourth-order valence-corrected chi connectivity index (χ4v) is 2.66. The van der Waals surface area contributed by atoms with Gasteiger partial charge in [0.15, 0.2) is 0 Å². The maximum Gasteiger partial charge on any atom is 0.113 e. The molecule has 2 aromatic rings. The predicted molar refractivity (Wildman–Crippen MR) is 66.3 cm³/mol. The lowest BCUT2D eigenvalue weighted by molar-refractivity contribution is 0.551. The van der Waals surface area contributed by atoms with Crippen LogP contribution in [-0.2, 0) is 5.54 Å². The van der Waals surface area contributed by atoms with Crippen molar-refractivity contribution in [1.82, 2.24) is 4.98 Å². The van der Waals surface area contributed by atoms with Crippen LogP contribution in [0.25, 0.3) is 10.2 Å². The minimum atomic E-state index is -0.345. The maximum atomic E-state index is 6.07. The van der Waals surface area contributed by atoms with E-state index in [2.05, 4.69) is 31.0 Å². The molecular weight excluding hydrogens is 204 g/mol. The highest BCUT2D eigenvalue weighted by molar-refractivity contribution is 7.18. The summed E-state index contributed by atoms with van der Waals surface area (Å²) >= 11 is 1.71. The van der Waals surface area contributed by atoms with Crippen LogP contribution in [0.2, 0.25) is 0 Å². The first-order valence-corrected chi connectivity index (χ1v) is 5.87. The van der Waals surface area contributed by atoms with Crippen molar-refractivity contribution >= 4 is 21.6 Å². The van der Waals surface area contributed by atoms with Gasteiger partial charge in [-0.3, -0.25) is 0 Å². The van der Waals surface area contributed by atoms with E-state index in [0.29, 0.717) is 0 Å². The van der Waals surface area contributed by atoms with Crippen LogP contribution in [0.1, 0.15) is 30.0 Å². The highest BCUT2D eigenvalue weighted by Crippen LogP contribution is 2.32. The monoisotopic (exact) mass is 220 g/mol. The van der Waals surface area contributed by atoms with Gasteiger partial charge in [-0.1, -0.05) is 12.1 Å². The molecule has 1 aromatic carbocycles. The van der Waals surface area contributed by atoms with E-state index in [1.807, 2.05) is 13.8 Å². The molecule has 0 amide bonds. The number of aromatic nitrogens is 1. The van der Waals surface area contributed by atoms with Crippen molar-refractivity contribution in [3.63, 3.8) is 0 Å². The average molecular weight is 220 g/mol. The molecule has 2 nitrogen and oxygen atoms in total. The van der Waals surface area contributed by atoms with E-state index in [9.17, 15) is 0 Å². The van der Waals surface area contributed by atoms with E-state index >= 15 is 0 Å². The molecule has 15 heavy (non-hydrogen) atoms. The SMILES string of the molecule is Cc1ccc(C)c2sc(C(C)(C)N)nc12. The van der Waals surface area contributed by atoms with Crippen molar-refractivity contribution in [2.45, 2.75) is 33.2 Å². The Labute approximate surface area is 94.1 Å². The molecule has 0 radical (unpaired) electrons. The lowest BCUT2D eigenvalue weighted by atomic mass is 10.1. The minimum absolute atomic E-state index is 0.345. The zero-order valence-electron chi connectivity index (χ0n) is 9.59. The number of fused-ring (bicyclic) bond motifs is 1. The van der Waals surface area contributed by atoms with Crippen molar-refractivity contribution in [3.8, 4) is 0 Å². The van der Waals surface area contributed by atoms with Gasteiger partial charge in [0.25, 0.3) is 0 Å². The van der Waals surface area contributed by atoms with E-state index in [0.717, 1.165) is 10.5 Å². The summed E-state index contributed by atoms with van der Waals surface area (Å²) in [4.78, 5) is 4.64. The molecule has 80 valence electrons. The molecule has 2 rings (SSSR count). The van der Waals surface area contributed by atoms with Gasteiger partial charge in [-0.15, -0.1) is 11.3 Å². The number of benzene rings is 1. The van der Waals surface area contributed by atoms with Crippen LogP contribution in [0.5, 0.6) is 0 Å². The molecule has 1 aromatic heterocycles. The Hall–Kier alpha value is -0.930. The van der Waals surface area contributed by atoms with Gasteiger partial charge in [0, 0.05) is 0 Å². The fourth-order valence-electron chi connectivity index (χ4n) is 1.53. The Kier molecular flexibility index (Phi) is 2.32. The van der Waals surface area contributed by atoms with Crippen LogP contribution in [0, 0.1) is 13.8 Å². The molecule has 0 bridgehead atoms. The molecule has 0 spiro atoms. The fraction of sp³-hybridized carbons (Fsp3) is 0.417. The van der Waals surface area contributed by atoms with Gasteiger partial charge < -0.3 is 5.73 Å². The van der Waals surface area contributed by atoms with E-state index in [1.54, 1.807) is 11.3 Å². The summed E-state index contributed by atoms with van der Waals surface area (Å²) in [6.07, 6.45) is 0. The lowest BCUT2D eigenvalue weighted by Gasteiger charge is -2.13. The zero-order valence-corrected chi connectivity index (χ0v) is 10.4. The predicted octanol–water partition coefficient (Wildman–Crippen LogP) is 3.11. The second kappa shape index (κ2) is 3.29. The molecule has 0 fully saturated rings. The van der Waals surface area contributed by atoms with E-state index in [-0.39, 0.29) is 5.54 Å². The van der Waals surface area contributed by atoms with Gasteiger partial charge in [-0.25, -0.2) is 4.98 Å². The van der Waals surface area contributed by atoms with Gasteiger partial charge >= 0.3 is 0 Å². The Morgan fingerprint density at radius 3 is 2.33 bits per heavy atom. The zero-order chi connectivity index (χ0) is 11.2. The van der Waals surface area contributed by atoms with E-state index in [1.165, 1.54) is 15.8 Å². The topological polar surface area (TPSA) is 38.9 Å². The average Bonchev–Trinajstić information content (AvgIpc) is 2.56. The van der Waals surface area contributed by atoms with Crippen LogP contribution in [0.15, 0.2) is 12.1 Å². The van der Waals surface area contributed by atoms with Crippen LogP contribution in [-0.4, -0.2) is 4.98 Å². The number of aryl methyl sites for hydroxylation is 2. The molecule has 0 aliphatic carbocycles.